The highest BCUT2D eigenvalue weighted by molar-refractivity contribution is 8.03. The van der Waals surface area contributed by atoms with Crippen molar-refractivity contribution in [2.24, 2.45) is 5.41 Å². The predicted octanol–water partition coefficient (Wildman–Crippen LogP) is 2.80. The Balaban J connectivity index is 1.37. The van der Waals surface area contributed by atoms with Crippen LogP contribution in [-0.2, 0) is 20.9 Å². The van der Waals surface area contributed by atoms with Crippen LogP contribution in [0, 0.1) is 5.41 Å². The van der Waals surface area contributed by atoms with E-state index in [0.29, 0.717) is 36.5 Å². The van der Waals surface area contributed by atoms with Crippen LogP contribution in [0.5, 0.6) is 0 Å². The third-order valence-corrected chi connectivity index (χ3v) is 9.34. The smallest absolute Gasteiger partial charge is 0.334 e. The normalized spacial score (nSPS) is 30.8. The lowest BCUT2D eigenvalue weighted by molar-refractivity contribution is -0.143. The number of hydrogen-bond donors (Lipinski definition) is 2. The SMILES string of the molecule is CCS/C(NC)=C1/C(=O)N(Cc2ccccc2)C(=O)N(C2CCC3(CC2)CC2(C3)NC(=O)N(C)C2=O)C1=O. The fourth-order valence-electron chi connectivity index (χ4n) is 6.54. The summed E-state index contributed by atoms with van der Waals surface area (Å²) < 4.78 is 0. The molecule has 2 saturated heterocycles. The molecule has 11 heteroatoms. The Morgan fingerprint density at radius 1 is 1.05 bits per heavy atom. The highest BCUT2D eigenvalue weighted by Crippen LogP contribution is 2.58. The van der Waals surface area contributed by atoms with Crippen LogP contribution < -0.4 is 10.6 Å². The second-order valence-electron chi connectivity index (χ2n) is 10.7. The number of barbiturate groups is 1. The van der Waals surface area contributed by atoms with E-state index in [4.69, 9.17) is 0 Å². The lowest BCUT2D eigenvalue weighted by atomic mass is 9.51. The Morgan fingerprint density at radius 2 is 1.71 bits per heavy atom. The second-order valence-corrected chi connectivity index (χ2v) is 12.0. The van der Waals surface area contributed by atoms with Crippen LogP contribution in [0.1, 0.15) is 51.0 Å². The Labute approximate surface area is 226 Å². The first-order chi connectivity index (χ1) is 18.1. The molecule has 1 aromatic carbocycles. The third-order valence-electron chi connectivity index (χ3n) is 8.35. The van der Waals surface area contributed by atoms with Gasteiger partial charge < -0.3 is 10.6 Å². The minimum absolute atomic E-state index is 0.0000619. The Bertz CT molecular complexity index is 1220. The maximum atomic E-state index is 13.7. The lowest BCUT2D eigenvalue weighted by Gasteiger charge is -2.56. The van der Waals surface area contributed by atoms with Crippen LogP contribution >= 0.6 is 11.8 Å². The summed E-state index contributed by atoms with van der Waals surface area (Å²) in [5, 5.41) is 6.31. The van der Waals surface area contributed by atoms with Crippen molar-refractivity contribution in [3.05, 3.63) is 46.5 Å². The number of carbonyl (C=O) groups is 5. The lowest BCUT2D eigenvalue weighted by Crippen LogP contribution is -2.64. The van der Waals surface area contributed by atoms with Crippen LogP contribution in [0.4, 0.5) is 9.59 Å². The van der Waals surface area contributed by atoms with Crippen LogP contribution in [0.15, 0.2) is 40.9 Å². The minimum Gasteiger partial charge on any atom is -0.382 e. The number of benzene rings is 1. The third kappa shape index (κ3) is 4.16. The summed E-state index contributed by atoms with van der Waals surface area (Å²) >= 11 is 1.36. The predicted molar refractivity (Wildman–Crippen MR) is 141 cm³/mol. The summed E-state index contributed by atoms with van der Waals surface area (Å²) in [5.74, 6) is -0.668. The zero-order valence-electron chi connectivity index (χ0n) is 21.9. The van der Waals surface area contributed by atoms with Gasteiger partial charge in [0.2, 0.25) is 0 Å². The maximum absolute atomic E-state index is 13.7. The van der Waals surface area contributed by atoms with Crippen molar-refractivity contribution >= 4 is 41.5 Å². The maximum Gasteiger partial charge on any atom is 0.334 e. The molecule has 38 heavy (non-hydrogen) atoms. The molecule has 7 amide bonds. The summed E-state index contributed by atoms with van der Waals surface area (Å²) in [7, 11) is 3.16. The number of rotatable bonds is 6. The summed E-state index contributed by atoms with van der Waals surface area (Å²) in [5.41, 5.74) is -0.116. The van der Waals surface area contributed by atoms with Crippen molar-refractivity contribution in [2.75, 3.05) is 19.8 Å². The van der Waals surface area contributed by atoms with E-state index in [1.165, 1.54) is 28.6 Å². The van der Waals surface area contributed by atoms with E-state index < -0.39 is 23.4 Å². The van der Waals surface area contributed by atoms with Crippen LogP contribution in [0.25, 0.3) is 0 Å². The topological polar surface area (TPSA) is 119 Å². The quantitative estimate of drug-likeness (QED) is 0.324. The van der Waals surface area contributed by atoms with E-state index in [9.17, 15) is 24.0 Å². The molecule has 2 aliphatic carbocycles. The van der Waals surface area contributed by atoms with Crippen molar-refractivity contribution in [3.8, 4) is 0 Å². The molecule has 2 spiro atoms. The molecule has 0 aromatic heterocycles. The number of nitrogens with one attached hydrogen (secondary N) is 2. The summed E-state index contributed by atoms with van der Waals surface area (Å²) in [4.78, 5) is 69.2. The number of amides is 7. The zero-order chi connectivity index (χ0) is 27.2. The van der Waals surface area contributed by atoms with Gasteiger partial charge in [-0.05, 0) is 55.3 Å². The number of likely N-dealkylation sites (N-methyl/N-ethyl adjacent to an activating group) is 1. The van der Waals surface area contributed by atoms with Gasteiger partial charge >= 0.3 is 12.1 Å². The molecule has 4 aliphatic rings. The van der Waals surface area contributed by atoms with Crippen molar-refractivity contribution in [2.45, 2.75) is 63.6 Å². The van der Waals surface area contributed by atoms with Crippen molar-refractivity contribution < 1.29 is 24.0 Å². The number of imide groups is 3. The second kappa shape index (κ2) is 9.76. The van der Waals surface area contributed by atoms with E-state index in [-0.39, 0.29) is 35.5 Å². The summed E-state index contributed by atoms with van der Waals surface area (Å²) in [6.45, 7) is 2.01. The molecule has 202 valence electrons. The van der Waals surface area contributed by atoms with Crippen LogP contribution in [0.2, 0.25) is 0 Å². The van der Waals surface area contributed by atoms with Crippen molar-refractivity contribution in [1.82, 2.24) is 25.3 Å². The number of carbonyl (C=O) groups excluding carboxylic acids is 5. The number of hydrogen-bond acceptors (Lipinski definition) is 7. The highest BCUT2D eigenvalue weighted by Gasteiger charge is 2.64. The molecule has 4 fully saturated rings. The highest BCUT2D eigenvalue weighted by atomic mass is 32.2. The van der Waals surface area contributed by atoms with Gasteiger partial charge in [-0.1, -0.05) is 37.3 Å². The number of thioether (sulfide) groups is 1. The van der Waals surface area contributed by atoms with Crippen LogP contribution in [-0.4, -0.2) is 75.9 Å². The van der Waals surface area contributed by atoms with Gasteiger partial charge in [0.05, 0.1) is 11.6 Å². The fraction of sp³-hybridized carbons (Fsp3) is 0.519. The molecule has 2 saturated carbocycles. The summed E-state index contributed by atoms with van der Waals surface area (Å²) in [6, 6.07) is 7.96. The van der Waals surface area contributed by atoms with Gasteiger partial charge in [-0.15, -0.1) is 11.8 Å². The molecule has 0 bridgehead atoms. The van der Waals surface area contributed by atoms with Gasteiger partial charge in [-0.3, -0.25) is 29.1 Å². The average molecular weight is 540 g/mol. The van der Waals surface area contributed by atoms with Gasteiger partial charge in [0, 0.05) is 20.1 Å². The van der Waals surface area contributed by atoms with Gasteiger partial charge in [0.1, 0.15) is 11.1 Å². The van der Waals surface area contributed by atoms with E-state index >= 15 is 0 Å². The largest absolute Gasteiger partial charge is 0.382 e. The van der Waals surface area contributed by atoms with Crippen LogP contribution in [0.3, 0.4) is 0 Å². The molecular formula is C27H33N5O5S. The van der Waals surface area contributed by atoms with E-state index in [1.807, 2.05) is 37.3 Å². The molecular weight excluding hydrogens is 506 g/mol. The van der Waals surface area contributed by atoms with Gasteiger partial charge in [0.15, 0.2) is 0 Å². The molecule has 2 heterocycles. The van der Waals surface area contributed by atoms with E-state index in [1.54, 1.807) is 7.05 Å². The molecule has 1 aromatic rings. The van der Waals surface area contributed by atoms with Gasteiger partial charge in [0.25, 0.3) is 17.7 Å². The first-order valence-corrected chi connectivity index (χ1v) is 14.0. The molecule has 0 radical (unpaired) electrons. The molecule has 2 N–H and O–H groups in total. The average Bonchev–Trinajstić information content (AvgIpc) is 3.11. The Kier molecular flexibility index (Phi) is 6.75. The van der Waals surface area contributed by atoms with Crippen molar-refractivity contribution in [1.29, 1.82) is 0 Å². The van der Waals surface area contributed by atoms with Crippen molar-refractivity contribution in [3.63, 3.8) is 0 Å². The molecule has 2 aliphatic heterocycles. The zero-order valence-corrected chi connectivity index (χ0v) is 22.7. The molecule has 0 atom stereocenters. The minimum atomic E-state index is -0.816. The van der Waals surface area contributed by atoms with E-state index in [0.717, 1.165) is 23.3 Å². The fourth-order valence-corrected chi connectivity index (χ4v) is 7.29. The molecule has 0 unspecified atom stereocenters. The standard InChI is InChI=1S/C27H33N5O5S/c1-4-38-20(28-2)19-21(33)31(14-17-8-6-5-7-9-17)25(37)32(22(19)34)18-10-12-26(13-11-18)15-27(16-26)23(35)30(3)24(36)29-27/h5-9,18,28H,4,10-16H2,1-3H3,(H,29,36)/b20-19-. The monoisotopic (exact) mass is 539 g/mol. The van der Waals surface area contributed by atoms with Gasteiger partial charge in [-0.2, -0.15) is 0 Å². The molecule has 10 nitrogen and oxygen atoms in total. The summed E-state index contributed by atoms with van der Waals surface area (Å²) in [6.07, 6.45) is 3.79. The first-order valence-electron chi connectivity index (χ1n) is 13.0. The Morgan fingerprint density at radius 3 is 2.26 bits per heavy atom. The van der Waals surface area contributed by atoms with E-state index in [2.05, 4.69) is 10.6 Å². The Hall–Kier alpha value is -3.34. The number of nitrogens with zero attached hydrogens (tertiary/aromatic N) is 3. The molecule has 5 rings (SSSR count). The first kappa shape index (κ1) is 26.3. The van der Waals surface area contributed by atoms with Gasteiger partial charge in [-0.25, -0.2) is 9.59 Å². The number of urea groups is 2.